The predicted molar refractivity (Wildman–Crippen MR) is 76.7 cm³/mol. The number of amides is 2. The molecule has 2 amide bonds. The van der Waals surface area contributed by atoms with Gasteiger partial charge >= 0.3 is 18.0 Å². The van der Waals surface area contributed by atoms with Crippen molar-refractivity contribution >= 4 is 34.3 Å². The van der Waals surface area contributed by atoms with E-state index in [0.29, 0.717) is 10.6 Å². The van der Waals surface area contributed by atoms with Crippen LogP contribution in [0.5, 0.6) is 0 Å². The molecule has 1 heterocycles. The minimum atomic E-state index is -0.564. The summed E-state index contributed by atoms with van der Waals surface area (Å²) in [6.45, 7) is -0.235. The van der Waals surface area contributed by atoms with Gasteiger partial charge in [-0.25, -0.2) is 9.59 Å². The number of carbonyl (C=O) groups excluding carboxylic acids is 3. The van der Waals surface area contributed by atoms with Crippen molar-refractivity contribution in [3.05, 3.63) is 16.0 Å². The summed E-state index contributed by atoms with van der Waals surface area (Å²) >= 11 is 1.37. The van der Waals surface area contributed by atoms with E-state index in [1.807, 2.05) is 0 Å². The summed E-state index contributed by atoms with van der Waals surface area (Å²) in [5, 5.41) is 5.41. The highest BCUT2D eigenvalue weighted by Gasteiger charge is 2.27. The van der Waals surface area contributed by atoms with Crippen LogP contribution in [0.15, 0.2) is 0 Å². The second-order valence-corrected chi connectivity index (χ2v) is 5.54. The number of urea groups is 1. The molecule has 0 spiro atoms. The minimum Gasteiger partial charge on any atom is -0.468 e. The van der Waals surface area contributed by atoms with Crippen LogP contribution in [0.4, 0.5) is 9.80 Å². The van der Waals surface area contributed by atoms with Crippen molar-refractivity contribution in [2.24, 2.45) is 0 Å². The minimum absolute atomic E-state index is 0.235. The Morgan fingerprint density at radius 1 is 1.19 bits per heavy atom. The standard InChI is InChI=1S/C13H16N2O5S/c1-19-9(16)6-14-13(18)15-11-10(12(17)20-2)7-4-3-5-8(7)21-11/h3-6H2,1-2H3,(H2,14,15,18). The second-order valence-electron chi connectivity index (χ2n) is 4.44. The Hall–Kier alpha value is -2.09. The van der Waals surface area contributed by atoms with Gasteiger partial charge in [0.1, 0.15) is 11.5 Å². The van der Waals surface area contributed by atoms with Gasteiger partial charge in [-0.05, 0) is 24.8 Å². The summed E-state index contributed by atoms with van der Waals surface area (Å²) in [7, 11) is 2.55. The fraction of sp³-hybridized carbons (Fsp3) is 0.462. The average molecular weight is 312 g/mol. The summed E-state index contributed by atoms with van der Waals surface area (Å²) in [5.41, 5.74) is 1.37. The summed E-state index contributed by atoms with van der Waals surface area (Å²) in [6.07, 6.45) is 2.71. The summed E-state index contributed by atoms with van der Waals surface area (Å²) in [5.74, 6) is -1.01. The number of nitrogens with one attached hydrogen (secondary N) is 2. The number of ether oxygens (including phenoxy) is 2. The molecule has 1 aliphatic rings. The predicted octanol–water partition coefficient (Wildman–Crippen LogP) is 1.32. The number of hydrogen-bond donors (Lipinski definition) is 2. The van der Waals surface area contributed by atoms with E-state index in [-0.39, 0.29) is 6.54 Å². The van der Waals surface area contributed by atoms with Crippen LogP contribution in [0.3, 0.4) is 0 Å². The van der Waals surface area contributed by atoms with Crippen LogP contribution < -0.4 is 10.6 Å². The molecule has 0 saturated carbocycles. The van der Waals surface area contributed by atoms with Crippen molar-refractivity contribution in [2.45, 2.75) is 19.3 Å². The molecular formula is C13H16N2O5S. The lowest BCUT2D eigenvalue weighted by molar-refractivity contribution is -0.139. The van der Waals surface area contributed by atoms with Gasteiger partial charge in [0.05, 0.1) is 19.8 Å². The molecule has 2 rings (SSSR count). The number of esters is 2. The van der Waals surface area contributed by atoms with E-state index in [9.17, 15) is 14.4 Å². The molecule has 7 nitrogen and oxygen atoms in total. The van der Waals surface area contributed by atoms with Gasteiger partial charge in [0.2, 0.25) is 0 Å². The fourth-order valence-electron chi connectivity index (χ4n) is 2.18. The lowest BCUT2D eigenvalue weighted by Gasteiger charge is -2.07. The van der Waals surface area contributed by atoms with Gasteiger partial charge in [-0.3, -0.25) is 10.1 Å². The van der Waals surface area contributed by atoms with E-state index in [0.717, 1.165) is 29.7 Å². The molecular weight excluding hydrogens is 296 g/mol. The number of methoxy groups -OCH3 is 2. The Morgan fingerprint density at radius 2 is 1.95 bits per heavy atom. The van der Waals surface area contributed by atoms with Crippen LogP contribution in [0, 0.1) is 0 Å². The Balaban J connectivity index is 2.11. The van der Waals surface area contributed by atoms with Gasteiger partial charge in [0.15, 0.2) is 0 Å². The molecule has 0 fully saturated rings. The zero-order chi connectivity index (χ0) is 15.4. The molecule has 0 aromatic carbocycles. The third-order valence-electron chi connectivity index (χ3n) is 3.16. The van der Waals surface area contributed by atoms with Crippen molar-refractivity contribution < 1.29 is 23.9 Å². The zero-order valence-corrected chi connectivity index (χ0v) is 12.6. The maximum Gasteiger partial charge on any atom is 0.341 e. The van der Waals surface area contributed by atoms with Crippen LogP contribution >= 0.6 is 11.3 Å². The van der Waals surface area contributed by atoms with Crippen LogP contribution in [0.2, 0.25) is 0 Å². The smallest absolute Gasteiger partial charge is 0.341 e. The van der Waals surface area contributed by atoms with Crippen LogP contribution in [-0.2, 0) is 27.1 Å². The number of fused-ring (bicyclic) bond motifs is 1. The highest BCUT2D eigenvalue weighted by Crippen LogP contribution is 2.39. The van der Waals surface area contributed by atoms with Crippen molar-refractivity contribution in [1.29, 1.82) is 0 Å². The van der Waals surface area contributed by atoms with Crippen molar-refractivity contribution in [3.63, 3.8) is 0 Å². The molecule has 1 aromatic rings. The lowest BCUT2D eigenvalue weighted by atomic mass is 10.1. The number of hydrogen-bond acceptors (Lipinski definition) is 6. The first-order valence-electron chi connectivity index (χ1n) is 6.41. The maximum atomic E-state index is 11.9. The van der Waals surface area contributed by atoms with Crippen LogP contribution in [0.25, 0.3) is 0 Å². The average Bonchev–Trinajstić information content (AvgIpc) is 3.04. The van der Waals surface area contributed by atoms with Crippen LogP contribution in [-0.4, -0.2) is 38.7 Å². The number of thiophene rings is 1. The van der Waals surface area contributed by atoms with E-state index in [2.05, 4.69) is 15.4 Å². The number of carbonyl (C=O) groups is 3. The first-order chi connectivity index (χ1) is 10.1. The molecule has 1 aliphatic carbocycles. The van der Waals surface area contributed by atoms with E-state index >= 15 is 0 Å². The SMILES string of the molecule is COC(=O)CNC(=O)Nc1sc2c(c1C(=O)OC)CCC2. The monoisotopic (exact) mass is 312 g/mol. The largest absolute Gasteiger partial charge is 0.468 e. The van der Waals surface area contributed by atoms with Gasteiger partial charge in [-0.2, -0.15) is 0 Å². The van der Waals surface area contributed by atoms with Gasteiger partial charge in [0, 0.05) is 4.88 Å². The van der Waals surface area contributed by atoms with Gasteiger partial charge in [-0.15, -0.1) is 11.3 Å². The number of rotatable bonds is 4. The summed E-state index contributed by atoms with van der Waals surface area (Å²) < 4.78 is 9.21. The quantitative estimate of drug-likeness (QED) is 0.818. The maximum absolute atomic E-state index is 11.9. The van der Waals surface area contributed by atoms with Gasteiger partial charge in [-0.1, -0.05) is 0 Å². The number of anilines is 1. The molecule has 8 heteroatoms. The molecule has 0 bridgehead atoms. The molecule has 0 radical (unpaired) electrons. The Labute approximate surface area is 125 Å². The van der Waals surface area contributed by atoms with E-state index in [1.165, 1.54) is 25.6 Å². The summed E-state index contributed by atoms with van der Waals surface area (Å²) in [4.78, 5) is 35.7. The topological polar surface area (TPSA) is 93.7 Å². The van der Waals surface area contributed by atoms with Gasteiger partial charge < -0.3 is 14.8 Å². The Morgan fingerprint density at radius 3 is 2.62 bits per heavy atom. The molecule has 0 saturated heterocycles. The van der Waals surface area contributed by atoms with Gasteiger partial charge in [0.25, 0.3) is 0 Å². The fourth-order valence-corrected chi connectivity index (χ4v) is 3.45. The normalized spacial score (nSPS) is 12.5. The second kappa shape index (κ2) is 6.57. The first kappa shape index (κ1) is 15.3. The lowest BCUT2D eigenvalue weighted by Crippen LogP contribution is -2.33. The summed E-state index contributed by atoms with van der Waals surface area (Å²) in [6, 6.07) is -0.564. The molecule has 0 atom stereocenters. The molecule has 0 aliphatic heterocycles. The van der Waals surface area contributed by atoms with E-state index in [4.69, 9.17) is 4.74 Å². The highest BCUT2D eigenvalue weighted by molar-refractivity contribution is 7.17. The zero-order valence-electron chi connectivity index (χ0n) is 11.8. The van der Waals surface area contributed by atoms with E-state index < -0.39 is 18.0 Å². The molecule has 114 valence electrons. The molecule has 21 heavy (non-hydrogen) atoms. The molecule has 1 aromatic heterocycles. The number of aryl methyl sites for hydroxylation is 1. The molecule has 0 unspecified atom stereocenters. The van der Waals surface area contributed by atoms with Crippen molar-refractivity contribution in [3.8, 4) is 0 Å². The third-order valence-corrected chi connectivity index (χ3v) is 4.37. The third kappa shape index (κ3) is 3.33. The first-order valence-corrected chi connectivity index (χ1v) is 7.23. The van der Waals surface area contributed by atoms with Crippen molar-refractivity contribution in [1.82, 2.24) is 5.32 Å². The molecule has 2 N–H and O–H groups in total. The van der Waals surface area contributed by atoms with Crippen molar-refractivity contribution in [2.75, 3.05) is 26.1 Å². The Bertz CT molecular complexity index is 581. The van der Waals surface area contributed by atoms with Crippen LogP contribution in [0.1, 0.15) is 27.2 Å². The van der Waals surface area contributed by atoms with E-state index in [1.54, 1.807) is 0 Å². The highest BCUT2D eigenvalue weighted by atomic mass is 32.1. The Kier molecular flexibility index (Phi) is 4.79.